The number of amides is 1. The molecule has 0 saturated heterocycles. The monoisotopic (exact) mass is 287 g/mol. The summed E-state index contributed by atoms with van der Waals surface area (Å²) in [4.78, 5) is 36.2. The maximum atomic E-state index is 12.6. The quantitative estimate of drug-likeness (QED) is 0.716. The zero-order valence-electron chi connectivity index (χ0n) is 11.0. The molecule has 0 aromatic carbocycles. The number of aliphatic carboxylic acids is 1. The predicted molar refractivity (Wildman–Crippen MR) is 72.2 cm³/mol. The van der Waals surface area contributed by atoms with Gasteiger partial charge < -0.3 is 20.7 Å². The average molecular weight is 287 g/mol. The Kier molecular flexibility index (Phi) is 3.05. The van der Waals surface area contributed by atoms with Crippen molar-refractivity contribution < 1.29 is 14.7 Å². The van der Waals surface area contributed by atoms with Crippen LogP contribution >= 0.6 is 0 Å². The van der Waals surface area contributed by atoms with Crippen molar-refractivity contribution in [3.05, 3.63) is 41.7 Å². The van der Waals surface area contributed by atoms with Gasteiger partial charge in [-0.2, -0.15) is 0 Å². The highest BCUT2D eigenvalue weighted by atomic mass is 16.4. The van der Waals surface area contributed by atoms with Gasteiger partial charge in [-0.15, -0.1) is 0 Å². The van der Waals surface area contributed by atoms with Crippen molar-refractivity contribution in [2.24, 2.45) is 0 Å². The lowest BCUT2D eigenvalue weighted by Crippen LogP contribution is -2.49. The first-order valence-corrected chi connectivity index (χ1v) is 6.33. The molecule has 1 unspecified atom stereocenters. The van der Waals surface area contributed by atoms with E-state index in [4.69, 9.17) is 5.73 Å². The Morgan fingerprint density at radius 2 is 2.24 bits per heavy atom. The Morgan fingerprint density at radius 3 is 2.95 bits per heavy atom. The molecule has 108 valence electrons. The van der Waals surface area contributed by atoms with Crippen LogP contribution in [0.4, 0.5) is 5.69 Å². The van der Waals surface area contributed by atoms with Crippen LogP contribution in [0.1, 0.15) is 21.9 Å². The third-order valence-electron chi connectivity index (χ3n) is 3.49. The molecule has 1 aliphatic heterocycles. The maximum absolute atomic E-state index is 12.6. The molecule has 8 heteroatoms. The number of nitrogens with two attached hydrogens (primary N) is 1. The van der Waals surface area contributed by atoms with E-state index in [1.54, 1.807) is 12.1 Å². The van der Waals surface area contributed by atoms with Gasteiger partial charge in [0.05, 0.1) is 29.9 Å². The molecule has 0 spiro atoms. The summed E-state index contributed by atoms with van der Waals surface area (Å²) in [6.45, 7) is 0.140. The Morgan fingerprint density at radius 1 is 1.43 bits per heavy atom. The number of hydrogen-bond acceptors (Lipinski definition) is 5. The fourth-order valence-corrected chi connectivity index (χ4v) is 2.40. The van der Waals surface area contributed by atoms with Crippen molar-refractivity contribution in [2.45, 2.75) is 19.0 Å². The Balaban J connectivity index is 1.98. The Hall–Kier alpha value is -2.90. The number of nitrogen functional groups attached to an aromatic ring is 1. The number of hydrogen-bond donors (Lipinski definition) is 3. The molecule has 2 aromatic heterocycles. The SMILES string of the molecule is Nc1cccnc1C(=O)N1Cc2[nH]cnc2CC1C(=O)O. The maximum Gasteiger partial charge on any atom is 0.326 e. The molecule has 4 N–H and O–H groups in total. The van der Waals surface area contributed by atoms with Gasteiger partial charge >= 0.3 is 5.97 Å². The van der Waals surface area contributed by atoms with Crippen molar-refractivity contribution in [2.75, 3.05) is 5.73 Å². The standard InChI is InChI=1S/C13H13N5O3/c14-7-2-1-3-15-11(7)12(19)18-5-9-8(16-6-17-9)4-10(18)13(20)21/h1-3,6,10H,4-5,14H2,(H,16,17)(H,20,21). The van der Waals surface area contributed by atoms with E-state index in [0.29, 0.717) is 5.69 Å². The van der Waals surface area contributed by atoms with Crippen molar-refractivity contribution in [1.29, 1.82) is 0 Å². The number of carboxylic acids is 1. The van der Waals surface area contributed by atoms with E-state index in [1.165, 1.54) is 17.4 Å². The smallest absolute Gasteiger partial charge is 0.326 e. The number of H-pyrrole nitrogens is 1. The number of carboxylic acid groups (broad SMARTS) is 1. The molecule has 0 aliphatic carbocycles. The molecular formula is C13H13N5O3. The third kappa shape index (κ3) is 2.20. The second kappa shape index (κ2) is 4.89. The Bertz CT molecular complexity index is 711. The summed E-state index contributed by atoms with van der Waals surface area (Å²) in [7, 11) is 0. The molecule has 0 saturated carbocycles. The van der Waals surface area contributed by atoms with Gasteiger partial charge in [0.1, 0.15) is 6.04 Å². The second-order valence-corrected chi connectivity index (χ2v) is 4.76. The number of rotatable bonds is 2. The summed E-state index contributed by atoms with van der Waals surface area (Å²) in [6, 6.07) is 2.20. The summed E-state index contributed by atoms with van der Waals surface area (Å²) in [5, 5.41) is 9.35. The largest absolute Gasteiger partial charge is 0.480 e. The number of anilines is 1. The fraction of sp³-hybridized carbons (Fsp3) is 0.231. The zero-order valence-corrected chi connectivity index (χ0v) is 11.0. The van der Waals surface area contributed by atoms with E-state index in [2.05, 4.69) is 15.0 Å². The normalized spacial score (nSPS) is 17.3. The van der Waals surface area contributed by atoms with Crippen molar-refractivity contribution in [3.63, 3.8) is 0 Å². The van der Waals surface area contributed by atoms with Crippen LogP contribution in [0.5, 0.6) is 0 Å². The lowest BCUT2D eigenvalue weighted by molar-refractivity contribution is -0.142. The summed E-state index contributed by atoms with van der Waals surface area (Å²) in [5.74, 6) is -1.58. The van der Waals surface area contributed by atoms with Crippen LogP contribution in [0.3, 0.4) is 0 Å². The van der Waals surface area contributed by atoms with Gasteiger partial charge in [-0.1, -0.05) is 0 Å². The van der Waals surface area contributed by atoms with Gasteiger partial charge in [-0.3, -0.25) is 4.79 Å². The average Bonchev–Trinajstić information content (AvgIpc) is 2.93. The number of nitrogens with zero attached hydrogens (tertiary/aromatic N) is 3. The first kappa shape index (κ1) is 13.1. The van der Waals surface area contributed by atoms with Crippen LogP contribution < -0.4 is 5.73 Å². The van der Waals surface area contributed by atoms with E-state index >= 15 is 0 Å². The molecule has 3 rings (SSSR count). The Labute approximate surface area is 119 Å². The zero-order chi connectivity index (χ0) is 15.0. The van der Waals surface area contributed by atoms with Gasteiger partial charge in [-0.25, -0.2) is 14.8 Å². The first-order chi connectivity index (χ1) is 10.1. The topological polar surface area (TPSA) is 125 Å². The van der Waals surface area contributed by atoms with Gasteiger partial charge in [-0.05, 0) is 12.1 Å². The molecule has 21 heavy (non-hydrogen) atoms. The highest BCUT2D eigenvalue weighted by Gasteiger charge is 2.37. The number of nitrogens with one attached hydrogen (secondary N) is 1. The van der Waals surface area contributed by atoms with Crippen molar-refractivity contribution in [1.82, 2.24) is 19.9 Å². The van der Waals surface area contributed by atoms with Crippen LogP contribution in [0, 0.1) is 0 Å². The van der Waals surface area contributed by atoms with Gasteiger partial charge in [0.25, 0.3) is 5.91 Å². The molecule has 8 nitrogen and oxygen atoms in total. The van der Waals surface area contributed by atoms with Crippen LogP contribution in [-0.4, -0.2) is 42.9 Å². The molecule has 1 amide bonds. The number of fused-ring (bicyclic) bond motifs is 1. The molecule has 0 fully saturated rings. The molecule has 2 aromatic rings. The number of carbonyl (C=O) groups is 2. The summed E-state index contributed by atoms with van der Waals surface area (Å²) < 4.78 is 0. The number of imidazole rings is 1. The lowest BCUT2D eigenvalue weighted by atomic mass is 10.0. The molecule has 0 radical (unpaired) electrons. The minimum Gasteiger partial charge on any atom is -0.480 e. The summed E-state index contributed by atoms with van der Waals surface area (Å²) in [5.41, 5.74) is 7.43. The van der Waals surface area contributed by atoms with Crippen molar-refractivity contribution >= 4 is 17.6 Å². The van der Waals surface area contributed by atoms with Gasteiger partial charge in [0.15, 0.2) is 5.69 Å². The lowest BCUT2D eigenvalue weighted by Gasteiger charge is -2.32. The van der Waals surface area contributed by atoms with Crippen LogP contribution in [-0.2, 0) is 17.8 Å². The summed E-state index contributed by atoms with van der Waals surface area (Å²) >= 11 is 0. The minimum absolute atomic E-state index is 0.0618. The predicted octanol–water partition coefficient (Wildman–Crippen LogP) is 0.0386. The highest BCUT2D eigenvalue weighted by Crippen LogP contribution is 2.23. The first-order valence-electron chi connectivity index (χ1n) is 6.33. The molecule has 0 bridgehead atoms. The van der Waals surface area contributed by atoms with Gasteiger partial charge in [0, 0.05) is 12.6 Å². The number of aromatic nitrogens is 3. The number of pyridine rings is 1. The van der Waals surface area contributed by atoms with Crippen LogP contribution in [0.15, 0.2) is 24.7 Å². The van der Waals surface area contributed by atoms with E-state index in [1.807, 2.05) is 0 Å². The second-order valence-electron chi connectivity index (χ2n) is 4.76. The van der Waals surface area contributed by atoms with E-state index in [0.717, 1.165) is 5.69 Å². The molecular weight excluding hydrogens is 274 g/mol. The van der Waals surface area contributed by atoms with Crippen molar-refractivity contribution in [3.8, 4) is 0 Å². The molecule has 3 heterocycles. The summed E-state index contributed by atoms with van der Waals surface area (Å²) in [6.07, 6.45) is 3.10. The highest BCUT2D eigenvalue weighted by molar-refractivity contribution is 5.99. The molecule has 1 aliphatic rings. The van der Waals surface area contributed by atoms with E-state index in [9.17, 15) is 14.7 Å². The van der Waals surface area contributed by atoms with E-state index in [-0.39, 0.29) is 24.3 Å². The number of aromatic amines is 1. The minimum atomic E-state index is -1.08. The molecule has 1 atom stereocenters. The van der Waals surface area contributed by atoms with Gasteiger partial charge in [0.2, 0.25) is 0 Å². The van der Waals surface area contributed by atoms with E-state index < -0.39 is 17.9 Å². The van der Waals surface area contributed by atoms with Crippen LogP contribution in [0.25, 0.3) is 0 Å². The fourth-order valence-electron chi connectivity index (χ4n) is 2.40. The van der Waals surface area contributed by atoms with Crippen LogP contribution in [0.2, 0.25) is 0 Å². The number of carbonyl (C=O) groups excluding carboxylic acids is 1. The third-order valence-corrected chi connectivity index (χ3v) is 3.49.